The van der Waals surface area contributed by atoms with Crippen LogP contribution in [0.3, 0.4) is 0 Å². The Morgan fingerprint density at radius 2 is 2.11 bits per heavy atom. The van der Waals surface area contributed by atoms with Crippen molar-refractivity contribution in [3.63, 3.8) is 0 Å². The van der Waals surface area contributed by atoms with Crippen LogP contribution in [0, 0.1) is 0 Å². The lowest BCUT2D eigenvalue weighted by Gasteiger charge is -2.03. The highest BCUT2D eigenvalue weighted by molar-refractivity contribution is 6.30. The molecular formula is C14H12ClNO2. The molecule has 0 atom stereocenters. The summed E-state index contributed by atoms with van der Waals surface area (Å²) in [7, 11) is 1.34. The van der Waals surface area contributed by atoms with E-state index in [1.54, 1.807) is 12.3 Å². The number of carbonyl (C=O) groups excluding carboxylic acids is 1. The summed E-state index contributed by atoms with van der Waals surface area (Å²) in [5, 5.41) is 0.714. The lowest BCUT2D eigenvalue weighted by molar-refractivity contribution is 0.0594. The van der Waals surface area contributed by atoms with E-state index in [-0.39, 0.29) is 0 Å². The van der Waals surface area contributed by atoms with E-state index < -0.39 is 5.97 Å². The number of hydrogen-bond acceptors (Lipinski definition) is 3. The monoisotopic (exact) mass is 261 g/mol. The third-order valence-corrected chi connectivity index (χ3v) is 2.75. The van der Waals surface area contributed by atoms with Crippen molar-refractivity contribution >= 4 is 17.6 Å². The molecule has 1 aromatic heterocycles. The summed E-state index contributed by atoms with van der Waals surface area (Å²) in [5.41, 5.74) is 2.44. The normalized spacial score (nSPS) is 10.1. The minimum atomic E-state index is -0.427. The van der Waals surface area contributed by atoms with Gasteiger partial charge in [-0.25, -0.2) is 9.78 Å². The van der Waals surface area contributed by atoms with Crippen LogP contribution in [0.4, 0.5) is 0 Å². The number of methoxy groups -OCH3 is 1. The van der Waals surface area contributed by atoms with Gasteiger partial charge in [-0.1, -0.05) is 29.8 Å². The molecule has 2 rings (SSSR count). The van der Waals surface area contributed by atoms with Gasteiger partial charge < -0.3 is 4.74 Å². The second-order valence-corrected chi connectivity index (χ2v) is 4.29. The highest BCUT2D eigenvalue weighted by atomic mass is 35.5. The van der Waals surface area contributed by atoms with Gasteiger partial charge in [0, 0.05) is 11.2 Å². The molecule has 0 saturated carbocycles. The second-order valence-electron chi connectivity index (χ2n) is 3.85. The lowest BCUT2D eigenvalue weighted by atomic mass is 10.1. The van der Waals surface area contributed by atoms with E-state index >= 15 is 0 Å². The Labute approximate surface area is 110 Å². The summed E-state index contributed by atoms with van der Waals surface area (Å²) in [4.78, 5) is 15.3. The van der Waals surface area contributed by atoms with Gasteiger partial charge in [-0.05, 0) is 35.7 Å². The molecule has 0 unspecified atom stereocenters. The molecule has 2 aromatic rings. The third-order valence-electron chi connectivity index (χ3n) is 2.52. The van der Waals surface area contributed by atoms with E-state index in [9.17, 15) is 4.79 Å². The van der Waals surface area contributed by atoms with Gasteiger partial charge in [-0.3, -0.25) is 0 Å². The first-order valence-electron chi connectivity index (χ1n) is 5.47. The van der Waals surface area contributed by atoms with Gasteiger partial charge in [0.2, 0.25) is 0 Å². The SMILES string of the molecule is COC(=O)c1ccc(Cc2cccc(Cl)c2)cn1. The van der Waals surface area contributed by atoms with E-state index in [0.717, 1.165) is 17.5 Å². The zero-order chi connectivity index (χ0) is 13.0. The summed E-state index contributed by atoms with van der Waals surface area (Å²) < 4.78 is 4.59. The minimum absolute atomic E-state index is 0.312. The summed E-state index contributed by atoms with van der Waals surface area (Å²) in [6.45, 7) is 0. The fourth-order valence-corrected chi connectivity index (χ4v) is 1.85. The van der Waals surface area contributed by atoms with Crippen molar-refractivity contribution in [3.8, 4) is 0 Å². The number of rotatable bonds is 3. The van der Waals surface area contributed by atoms with Crippen molar-refractivity contribution in [2.75, 3.05) is 7.11 Å². The molecule has 0 N–H and O–H groups in total. The molecule has 1 aromatic carbocycles. The van der Waals surface area contributed by atoms with Gasteiger partial charge in [-0.2, -0.15) is 0 Å². The maximum absolute atomic E-state index is 11.2. The van der Waals surface area contributed by atoms with Gasteiger partial charge in [0.25, 0.3) is 0 Å². The molecule has 0 spiro atoms. The number of nitrogens with zero attached hydrogens (tertiary/aromatic N) is 1. The van der Waals surface area contributed by atoms with Crippen LogP contribution in [0.25, 0.3) is 0 Å². The molecule has 4 heteroatoms. The molecule has 0 fully saturated rings. The van der Waals surface area contributed by atoms with Gasteiger partial charge in [0.05, 0.1) is 7.11 Å². The van der Waals surface area contributed by atoms with Gasteiger partial charge in [-0.15, -0.1) is 0 Å². The van der Waals surface area contributed by atoms with E-state index in [1.807, 2.05) is 30.3 Å². The number of carbonyl (C=O) groups is 1. The Hall–Kier alpha value is -1.87. The minimum Gasteiger partial charge on any atom is -0.464 e. The Morgan fingerprint density at radius 1 is 1.28 bits per heavy atom. The number of ether oxygens (including phenoxy) is 1. The van der Waals surface area contributed by atoms with E-state index in [0.29, 0.717) is 10.7 Å². The maximum Gasteiger partial charge on any atom is 0.356 e. The van der Waals surface area contributed by atoms with Crippen LogP contribution in [0.1, 0.15) is 21.6 Å². The van der Waals surface area contributed by atoms with Crippen molar-refractivity contribution in [1.29, 1.82) is 0 Å². The van der Waals surface area contributed by atoms with E-state index in [4.69, 9.17) is 11.6 Å². The van der Waals surface area contributed by atoms with Crippen LogP contribution in [0.5, 0.6) is 0 Å². The number of aromatic nitrogens is 1. The van der Waals surface area contributed by atoms with Crippen LogP contribution in [0.15, 0.2) is 42.6 Å². The molecule has 3 nitrogen and oxygen atoms in total. The Bertz CT molecular complexity index is 552. The average Bonchev–Trinajstić information content (AvgIpc) is 2.39. The predicted octanol–water partition coefficient (Wildman–Crippen LogP) is 3.11. The molecule has 1 heterocycles. The molecule has 92 valence electrons. The first kappa shape index (κ1) is 12.6. The second kappa shape index (κ2) is 5.65. The molecular weight excluding hydrogens is 250 g/mol. The molecule has 0 aliphatic heterocycles. The number of halogens is 1. The Kier molecular flexibility index (Phi) is 3.95. The Balaban J connectivity index is 2.13. The van der Waals surface area contributed by atoms with Crippen molar-refractivity contribution in [2.24, 2.45) is 0 Å². The summed E-state index contributed by atoms with van der Waals surface area (Å²) in [5.74, 6) is -0.427. The molecule has 18 heavy (non-hydrogen) atoms. The van der Waals surface area contributed by atoms with Gasteiger partial charge in [0.1, 0.15) is 5.69 Å². The van der Waals surface area contributed by atoms with Crippen LogP contribution in [0.2, 0.25) is 5.02 Å². The van der Waals surface area contributed by atoms with Gasteiger partial charge >= 0.3 is 5.97 Å². The van der Waals surface area contributed by atoms with Crippen LogP contribution in [-0.4, -0.2) is 18.1 Å². The van der Waals surface area contributed by atoms with E-state index in [2.05, 4.69) is 9.72 Å². The molecule has 0 radical (unpaired) electrons. The van der Waals surface area contributed by atoms with Crippen molar-refractivity contribution in [1.82, 2.24) is 4.98 Å². The van der Waals surface area contributed by atoms with Crippen molar-refractivity contribution in [2.45, 2.75) is 6.42 Å². The highest BCUT2D eigenvalue weighted by Gasteiger charge is 2.06. The zero-order valence-electron chi connectivity index (χ0n) is 9.89. The van der Waals surface area contributed by atoms with Crippen LogP contribution < -0.4 is 0 Å². The standard InChI is InChI=1S/C14H12ClNO2/c1-18-14(17)13-6-5-11(9-16-13)7-10-3-2-4-12(15)8-10/h2-6,8-9H,7H2,1H3. The summed E-state index contributed by atoms with van der Waals surface area (Å²) >= 11 is 5.92. The topological polar surface area (TPSA) is 39.2 Å². The molecule has 0 amide bonds. The van der Waals surface area contributed by atoms with Crippen molar-refractivity contribution < 1.29 is 9.53 Å². The molecule has 0 aliphatic rings. The van der Waals surface area contributed by atoms with Crippen molar-refractivity contribution in [3.05, 3.63) is 64.4 Å². The fraction of sp³-hybridized carbons (Fsp3) is 0.143. The van der Waals surface area contributed by atoms with Crippen LogP contribution in [-0.2, 0) is 11.2 Å². The third kappa shape index (κ3) is 3.08. The molecule has 0 bridgehead atoms. The quantitative estimate of drug-likeness (QED) is 0.797. The van der Waals surface area contributed by atoms with Gasteiger partial charge in [0.15, 0.2) is 0 Å². The first-order chi connectivity index (χ1) is 8.69. The number of pyridine rings is 1. The maximum atomic E-state index is 11.2. The van der Waals surface area contributed by atoms with E-state index in [1.165, 1.54) is 7.11 Å². The summed E-state index contributed by atoms with van der Waals surface area (Å²) in [6.07, 6.45) is 2.40. The largest absolute Gasteiger partial charge is 0.464 e. The smallest absolute Gasteiger partial charge is 0.356 e. The Morgan fingerprint density at radius 3 is 2.72 bits per heavy atom. The number of benzene rings is 1. The predicted molar refractivity (Wildman–Crippen MR) is 69.8 cm³/mol. The average molecular weight is 262 g/mol. The zero-order valence-corrected chi connectivity index (χ0v) is 10.6. The fourth-order valence-electron chi connectivity index (χ4n) is 1.64. The molecule has 0 saturated heterocycles. The number of esters is 1. The highest BCUT2D eigenvalue weighted by Crippen LogP contribution is 2.14. The van der Waals surface area contributed by atoms with Crippen LogP contribution >= 0.6 is 11.6 Å². The number of hydrogen-bond donors (Lipinski definition) is 0. The summed E-state index contributed by atoms with van der Waals surface area (Å²) in [6, 6.07) is 11.2. The first-order valence-corrected chi connectivity index (χ1v) is 5.84. The lowest BCUT2D eigenvalue weighted by Crippen LogP contribution is -2.04. The molecule has 0 aliphatic carbocycles.